The Hall–Kier alpha value is 0.142. The molecule has 1 aromatic rings. The molecule has 3 radical (unpaired) electrons. The van der Waals surface area contributed by atoms with Gasteiger partial charge in [-0.1, -0.05) is 0 Å². The van der Waals surface area contributed by atoms with Crippen LogP contribution in [0, 0.1) is 0 Å². The molecule has 0 aliphatic rings. The SMILES string of the molecule is CCCCCCCCCc1cccc[c]1[Pb]. The first-order chi connectivity index (χ1) is 7.84. The molecule has 0 bridgehead atoms. The Morgan fingerprint density at radius 2 is 1.50 bits per heavy atom. The standard InChI is InChI=1S/C15H23.Pb/c1-2-3-4-5-6-7-9-12-15-13-10-8-11-14-15;/h8,10-11,13H,2-7,9,12H2,1H3;. The summed E-state index contributed by atoms with van der Waals surface area (Å²) in [6.45, 7) is 2.28. The van der Waals surface area contributed by atoms with E-state index in [1.807, 2.05) is 0 Å². The van der Waals surface area contributed by atoms with Gasteiger partial charge in [0.15, 0.2) is 0 Å². The molecule has 0 saturated carbocycles. The van der Waals surface area contributed by atoms with E-state index in [-0.39, 0.29) is 0 Å². The van der Waals surface area contributed by atoms with Crippen molar-refractivity contribution >= 4 is 28.9 Å². The average molecular weight is 411 g/mol. The summed E-state index contributed by atoms with van der Waals surface area (Å²) in [4.78, 5) is 0. The Morgan fingerprint density at radius 3 is 2.19 bits per heavy atom. The summed E-state index contributed by atoms with van der Waals surface area (Å²) >= 11 is 1.20. The van der Waals surface area contributed by atoms with Gasteiger partial charge in [-0.3, -0.25) is 0 Å². The molecule has 16 heavy (non-hydrogen) atoms. The Balaban J connectivity index is 2.05. The van der Waals surface area contributed by atoms with E-state index < -0.39 is 0 Å². The molecule has 0 nitrogen and oxygen atoms in total. The Morgan fingerprint density at radius 1 is 0.875 bits per heavy atom. The zero-order valence-electron chi connectivity index (χ0n) is 10.5. The zero-order chi connectivity index (χ0) is 11.6. The second-order valence-electron chi connectivity index (χ2n) is 4.53. The fraction of sp³-hybridized carbons (Fsp3) is 0.600. The van der Waals surface area contributed by atoms with Crippen LogP contribution in [0.2, 0.25) is 0 Å². The predicted molar refractivity (Wildman–Crippen MR) is 73.5 cm³/mol. The van der Waals surface area contributed by atoms with Gasteiger partial charge in [0, 0.05) is 0 Å². The molecule has 0 aromatic heterocycles. The van der Waals surface area contributed by atoms with Crippen LogP contribution < -0.4 is 3.12 Å². The molecule has 0 aliphatic heterocycles. The summed E-state index contributed by atoms with van der Waals surface area (Å²) in [6, 6.07) is 8.93. The number of hydrogen-bond acceptors (Lipinski definition) is 0. The van der Waals surface area contributed by atoms with Crippen molar-refractivity contribution in [2.75, 3.05) is 0 Å². The van der Waals surface area contributed by atoms with Crippen molar-refractivity contribution in [2.45, 2.75) is 58.3 Å². The summed E-state index contributed by atoms with van der Waals surface area (Å²) in [5.41, 5.74) is 1.60. The maximum absolute atomic E-state index is 2.30. The molecule has 87 valence electrons. The van der Waals surface area contributed by atoms with Crippen LogP contribution in [0.25, 0.3) is 0 Å². The molecule has 1 aromatic carbocycles. The van der Waals surface area contributed by atoms with Gasteiger partial charge in [0.1, 0.15) is 0 Å². The number of hydrogen-bond donors (Lipinski definition) is 0. The monoisotopic (exact) mass is 411 g/mol. The minimum absolute atomic E-state index is 1.20. The van der Waals surface area contributed by atoms with Gasteiger partial charge < -0.3 is 0 Å². The summed E-state index contributed by atoms with van der Waals surface area (Å²) in [5, 5.41) is 0. The van der Waals surface area contributed by atoms with Crippen molar-refractivity contribution in [3.05, 3.63) is 29.8 Å². The van der Waals surface area contributed by atoms with Gasteiger partial charge >= 0.3 is 117 Å². The molecule has 0 spiro atoms. The molecular weight excluding hydrogens is 387 g/mol. The van der Waals surface area contributed by atoms with Crippen LogP contribution >= 0.6 is 0 Å². The summed E-state index contributed by atoms with van der Waals surface area (Å²) in [6.07, 6.45) is 11.2. The first-order valence-electron chi connectivity index (χ1n) is 6.64. The zero-order valence-corrected chi connectivity index (χ0v) is 14.4. The van der Waals surface area contributed by atoms with Crippen LogP contribution in [0.5, 0.6) is 0 Å². The maximum atomic E-state index is 2.30. The van der Waals surface area contributed by atoms with Crippen LogP contribution in [-0.2, 0) is 6.42 Å². The van der Waals surface area contributed by atoms with Crippen LogP contribution in [0.1, 0.15) is 57.4 Å². The van der Waals surface area contributed by atoms with E-state index in [1.165, 1.54) is 77.1 Å². The topological polar surface area (TPSA) is 0 Å². The quantitative estimate of drug-likeness (QED) is 0.452. The van der Waals surface area contributed by atoms with Crippen LogP contribution in [0.3, 0.4) is 0 Å². The normalized spacial score (nSPS) is 10.6. The van der Waals surface area contributed by atoms with E-state index in [9.17, 15) is 0 Å². The third-order valence-corrected chi connectivity index (χ3v) is 4.96. The predicted octanol–water partition coefficient (Wildman–Crippen LogP) is 3.77. The summed E-state index contributed by atoms with van der Waals surface area (Å²) in [5.74, 6) is 0. The van der Waals surface area contributed by atoms with Crippen molar-refractivity contribution in [1.29, 1.82) is 0 Å². The van der Waals surface area contributed by atoms with Gasteiger partial charge in [0.25, 0.3) is 0 Å². The van der Waals surface area contributed by atoms with Crippen LogP contribution in [0.4, 0.5) is 0 Å². The minimum atomic E-state index is 1.20. The summed E-state index contributed by atoms with van der Waals surface area (Å²) < 4.78 is 1.59. The van der Waals surface area contributed by atoms with Crippen LogP contribution in [0.15, 0.2) is 24.3 Å². The van der Waals surface area contributed by atoms with Gasteiger partial charge in [0.05, 0.1) is 0 Å². The molecule has 0 aliphatic carbocycles. The Bertz CT molecular complexity index is 281. The number of unbranched alkanes of at least 4 members (excludes halogenated alkanes) is 6. The van der Waals surface area contributed by atoms with Crippen molar-refractivity contribution < 1.29 is 0 Å². The van der Waals surface area contributed by atoms with Crippen molar-refractivity contribution in [3.8, 4) is 0 Å². The molecule has 0 atom stereocenters. The number of rotatable bonds is 8. The van der Waals surface area contributed by atoms with Crippen LogP contribution in [-0.4, -0.2) is 25.8 Å². The Kier molecular flexibility index (Phi) is 8.17. The third kappa shape index (κ3) is 6.02. The molecule has 0 amide bonds. The molecular formula is C15H23Pb. The van der Waals surface area contributed by atoms with E-state index in [1.54, 1.807) is 8.69 Å². The number of aryl methyl sites for hydroxylation is 1. The third-order valence-electron chi connectivity index (χ3n) is 3.07. The molecule has 1 heteroatoms. The van der Waals surface area contributed by atoms with Gasteiger partial charge in [-0.25, -0.2) is 0 Å². The van der Waals surface area contributed by atoms with Crippen molar-refractivity contribution in [2.24, 2.45) is 0 Å². The second kappa shape index (κ2) is 9.20. The molecule has 0 heterocycles. The molecule has 0 saturated heterocycles. The first-order valence-corrected chi connectivity index (χ1v) is 8.58. The van der Waals surface area contributed by atoms with E-state index in [2.05, 4.69) is 31.2 Å². The average Bonchev–Trinajstić information content (AvgIpc) is 2.30. The molecule has 0 fully saturated rings. The van der Waals surface area contributed by atoms with Gasteiger partial charge in [-0.2, -0.15) is 0 Å². The molecule has 1 rings (SSSR count). The fourth-order valence-electron chi connectivity index (χ4n) is 2.01. The van der Waals surface area contributed by atoms with Crippen molar-refractivity contribution in [1.82, 2.24) is 0 Å². The van der Waals surface area contributed by atoms with Crippen molar-refractivity contribution in [3.63, 3.8) is 0 Å². The van der Waals surface area contributed by atoms with Gasteiger partial charge in [0.2, 0.25) is 0 Å². The molecule has 0 unspecified atom stereocenters. The summed E-state index contributed by atoms with van der Waals surface area (Å²) in [7, 11) is 0. The van der Waals surface area contributed by atoms with E-state index in [4.69, 9.17) is 0 Å². The van der Waals surface area contributed by atoms with E-state index in [0.29, 0.717) is 0 Å². The van der Waals surface area contributed by atoms with E-state index >= 15 is 0 Å². The number of benzene rings is 1. The second-order valence-corrected chi connectivity index (χ2v) is 6.62. The molecule has 0 N–H and O–H groups in total. The van der Waals surface area contributed by atoms with Gasteiger partial charge in [-0.05, 0) is 0 Å². The fourth-order valence-corrected chi connectivity index (χ4v) is 3.19. The van der Waals surface area contributed by atoms with E-state index in [0.717, 1.165) is 0 Å². The first kappa shape index (κ1) is 14.2. The Labute approximate surface area is 117 Å². The van der Waals surface area contributed by atoms with Gasteiger partial charge in [-0.15, -0.1) is 0 Å².